The van der Waals surface area contributed by atoms with Gasteiger partial charge in [0.25, 0.3) is 0 Å². The molecule has 252 valence electrons. The Bertz CT molecular complexity index is 3180. The monoisotopic (exact) mass is 688 g/mol. The maximum absolute atomic E-state index is 5.46. The van der Waals surface area contributed by atoms with Gasteiger partial charge in [-0.1, -0.05) is 146 Å². The fraction of sp³-hybridized carbons (Fsp3) is 0. The van der Waals surface area contributed by atoms with Gasteiger partial charge in [-0.05, 0) is 70.8 Å². The summed E-state index contributed by atoms with van der Waals surface area (Å²) in [5.41, 5.74) is 13.1. The van der Waals surface area contributed by atoms with Crippen molar-refractivity contribution in [3.63, 3.8) is 0 Å². The molecule has 0 aliphatic heterocycles. The lowest BCUT2D eigenvalue weighted by Crippen LogP contribution is -2.03. The van der Waals surface area contributed by atoms with E-state index in [2.05, 4.69) is 203 Å². The Hall–Kier alpha value is -7.30. The summed E-state index contributed by atoms with van der Waals surface area (Å²) < 4.78 is 4.64. The van der Waals surface area contributed by atoms with Crippen LogP contribution in [0.5, 0.6) is 0 Å². The van der Waals surface area contributed by atoms with E-state index in [1.54, 1.807) is 0 Å². The van der Waals surface area contributed by atoms with Crippen molar-refractivity contribution < 1.29 is 0 Å². The molecule has 0 aliphatic carbocycles. The SMILES string of the molecule is c1ccc(-c2ccc(-c3nc(-n4c5ccccc5c5c6c7ccccc7n(-c7ccccc7)c6ccc54)nc4cc(-c5ccccc5)ccc34)cc2)cc1. The van der Waals surface area contributed by atoms with Crippen molar-refractivity contribution in [1.29, 1.82) is 0 Å². The summed E-state index contributed by atoms with van der Waals surface area (Å²) in [5.74, 6) is 0.646. The third-order valence-electron chi connectivity index (χ3n) is 10.7. The molecule has 0 radical (unpaired) electrons. The highest BCUT2D eigenvalue weighted by Gasteiger charge is 2.22. The molecule has 0 spiro atoms. The first-order chi connectivity index (χ1) is 26.8. The number of fused-ring (bicyclic) bond motifs is 8. The van der Waals surface area contributed by atoms with Gasteiger partial charge in [-0.25, -0.2) is 9.97 Å². The van der Waals surface area contributed by atoms with Crippen LogP contribution >= 0.6 is 0 Å². The minimum absolute atomic E-state index is 0.646. The molecular formula is C50H32N4. The first-order valence-electron chi connectivity index (χ1n) is 18.3. The molecule has 0 bridgehead atoms. The first-order valence-corrected chi connectivity index (χ1v) is 18.3. The van der Waals surface area contributed by atoms with E-state index in [9.17, 15) is 0 Å². The maximum Gasteiger partial charge on any atom is 0.235 e. The van der Waals surface area contributed by atoms with Gasteiger partial charge in [0.1, 0.15) is 0 Å². The lowest BCUT2D eigenvalue weighted by Gasteiger charge is -2.13. The predicted octanol–water partition coefficient (Wildman–Crippen LogP) is 12.8. The van der Waals surface area contributed by atoms with Crippen LogP contribution in [0.3, 0.4) is 0 Å². The third kappa shape index (κ3) is 4.70. The number of benzene rings is 8. The predicted molar refractivity (Wildman–Crippen MR) is 225 cm³/mol. The summed E-state index contributed by atoms with van der Waals surface area (Å²) in [6, 6.07) is 68.9. The molecule has 0 atom stereocenters. The van der Waals surface area contributed by atoms with Gasteiger partial charge >= 0.3 is 0 Å². The van der Waals surface area contributed by atoms with Gasteiger partial charge in [-0.3, -0.25) is 4.57 Å². The van der Waals surface area contributed by atoms with Gasteiger partial charge in [0.15, 0.2) is 0 Å². The minimum Gasteiger partial charge on any atom is -0.309 e. The number of nitrogens with zero attached hydrogens (tertiary/aromatic N) is 4. The minimum atomic E-state index is 0.646. The second-order valence-electron chi connectivity index (χ2n) is 13.8. The van der Waals surface area contributed by atoms with Gasteiger partial charge in [0.2, 0.25) is 5.95 Å². The Balaban J connectivity index is 1.21. The summed E-state index contributed by atoms with van der Waals surface area (Å²) in [7, 11) is 0. The van der Waals surface area contributed by atoms with Crippen LogP contribution < -0.4 is 0 Å². The van der Waals surface area contributed by atoms with E-state index in [-0.39, 0.29) is 0 Å². The molecular weight excluding hydrogens is 657 g/mol. The van der Waals surface area contributed by atoms with Crippen molar-refractivity contribution in [2.75, 3.05) is 0 Å². The fourth-order valence-corrected chi connectivity index (χ4v) is 8.29. The highest BCUT2D eigenvalue weighted by molar-refractivity contribution is 6.28. The molecule has 0 amide bonds. The van der Waals surface area contributed by atoms with Crippen LogP contribution in [0.15, 0.2) is 194 Å². The number of para-hydroxylation sites is 3. The normalized spacial score (nSPS) is 11.7. The molecule has 0 saturated heterocycles. The Morgan fingerprint density at radius 3 is 1.44 bits per heavy atom. The van der Waals surface area contributed by atoms with E-state index in [1.165, 1.54) is 43.7 Å². The Kier molecular flexibility index (Phi) is 6.82. The van der Waals surface area contributed by atoms with Gasteiger partial charge < -0.3 is 4.57 Å². The largest absolute Gasteiger partial charge is 0.309 e. The lowest BCUT2D eigenvalue weighted by atomic mass is 9.99. The van der Waals surface area contributed by atoms with Crippen LogP contribution in [0.2, 0.25) is 0 Å². The van der Waals surface area contributed by atoms with Crippen molar-refractivity contribution in [1.82, 2.24) is 19.1 Å². The molecule has 0 saturated carbocycles. The molecule has 3 aromatic heterocycles. The standard InChI is InChI=1S/C50H32N4/c1-4-14-33(15-5-1)35-24-26-36(27-25-35)49-39-29-28-37(34-16-6-2-7-17-34)32-42(39)51-50(52-49)54-44-23-13-11-21-41(44)48-46(54)31-30-45-47(48)40-20-10-12-22-43(40)53(45)38-18-8-3-9-19-38/h1-32H. The molecule has 3 heterocycles. The van der Waals surface area contributed by atoms with Crippen LogP contribution in [-0.2, 0) is 0 Å². The Morgan fingerprint density at radius 2 is 0.796 bits per heavy atom. The lowest BCUT2D eigenvalue weighted by molar-refractivity contribution is 1.01. The van der Waals surface area contributed by atoms with Gasteiger partial charge in [0, 0.05) is 38.2 Å². The van der Waals surface area contributed by atoms with Crippen LogP contribution in [0.25, 0.3) is 99.7 Å². The van der Waals surface area contributed by atoms with Gasteiger partial charge in [0.05, 0.1) is 33.3 Å². The van der Waals surface area contributed by atoms with E-state index >= 15 is 0 Å². The maximum atomic E-state index is 5.46. The molecule has 0 fully saturated rings. The second-order valence-corrected chi connectivity index (χ2v) is 13.8. The Morgan fingerprint density at radius 1 is 0.315 bits per heavy atom. The quantitative estimate of drug-likeness (QED) is 0.180. The average molecular weight is 689 g/mol. The molecule has 11 aromatic rings. The van der Waals surface area contributed by atoms with Crippen LogP contribution in [0.1, 0.15) is 0 Å². The number of rotatable bonds is 5. The van der Waals surface area contributed by atoms with Crippen molar-refractivity contribution in [2.45, 2.75) is 0 Å². The van der Waals surface area contributed by atoms with Crippen molar-refractivity contribution in [3.05, 3.63) is 194 Å². The van der Waals surface area contributed by atoms with Crippen LogP contribution in [0.4, 0.5) is 0 Å². The van der Waals surface area contributed by atoms with E-state index in [4.69, 9.17) is 9.97 Å². The molecule has 11 rings (SSSR count). The number of hydrogen-bond acceptors (Lipinski definition) is 2. The molecule has 4 heteroatoms. The highest BCUT2D eigenvalue weighted by Crippen LogP contribution is 2.42. The molecule has 0 N–H and O–H groups in total. The van der Waals surface area contributed by atoms with Crippen molar-refractivity contribution in [3.8, 4) is 45.1 Å². The Labute approximate surface area is 311 Å². The van der Waals surface area contributed by atoms with E-state index in [1.807, 2.05) is 0 Å². The summed E-state index contributed by atoms with van der Waals surface area (Å²) >= 11 is 0. The van der Waals surface area contributed by atoms with Gasteiger partial charge in [-0.2, -0.15) is 0 Å². The van der Waals surface area contributed by atoms with Crippen LogP contribution in [0, 0.1) is 0 Å². The molecule has 0 aliphatic rings. The van der Waals surface area contributed by atoms with Crippen molar-refractivity contribution in [2.24, 2.45) is 0 Å². The van der Waals surface area contributed by atoms with E-state index < -0.39 is 0 Å². The molecule has 54 heavy (non-hydrogen) atoms. The summed E-state index contributed by atoms with van der Waals surface area (Å²) in [6.45, 7) is 0. The number of hydrogen-bond donors (Lipinski definition) is 0. The fourth-order valence-electron chi connectivity index (χ4n) is 8.29. The highest BCUT2D eigenvalue weighted by atomic mass is 15.2. The molecule has 4 nitrogen and oxygen atoms in total. The third-order valence-corrected chi connectivity index (χ3v) is 10.7. The van der Waals surface area contributed by atoms with E-state index in [0.717, 1.165) is 50.0 Å². The zero-order valence-corrected chi connectivity index (χ0v) is 29.3. The summed E-state index contributed by atoms with van der Waals surface area (Å²) in [4.78, 5) is 10.9. The van der Waals surface area contributed by atoms with Crippen molar-refractivity contribution >= 4 is 54.5 Å². The van der Waals surface area contributed by atoms with Crippen LogP contribution in [-0.4, -0.2) is 19.1 Å². The smallest absolute Gasteiger partial charge is 0.235 e. The van der Waals surface area contributed by atoms with E-state index in [0.29, 0.717) is 5.95 Å². The average Bonchev–Trinajstić information content (AvgIpc) is 3.77. The molecule has 8 aromatic carbocycles. The second kappa shape index (κ2) is 12.1. The zero-order valence-electron chi connectivity index (χ0n) is 29.3. The van der Waals surface area contributed by atoms with Gasteiger partial charge in [-0.15, -0.1) is 0 Å². The summed E-state index contributed by atoms with van der Waals surface area (Å²) in [5, 5.41) is 5.83. The zero-order chi connectivity index (χ0) is 35.6. The summed E-state index contributed by atoms with van der Waals surface area (Å²) in [6.07, 6.45) is 0. The topological polar surface area (TPSA) is 35.6 Å². The number of aromatic nitrogens is 4. The molecule has 0 unspecified atom stereocenters. The first kappa shape index (κ1) is 30.3.